The number of hydrogen-bond donors (Lipinski definition) is 0. The second kappa shape index (κ2) is 9.93. The molecule has 0 radical (unpaired) electrons. The van der Waals surface area contributed by atoms with Crippen LogP contribution >= 0.6 is 11.8 Å². The van der Waals surface area contributed by atoms with Gasteiger partial charge in [-0.2, -0.15) is 13.2 Å². The summed E-state index contributed by atoms with van der Waals surface area (Å²) in [5.74, 6) is 2.15. The van der Waals surface area contributed by atoms with Gasteiger partial charge in [-0.1, -0.05) is 42.0 Å². The molecule has 0 spiro atoms. The van der Waals surface area contributed by atoms with E-state index in [1.165, 1.54) is 52.5 Å². The number of thioether (sulfide) groups is 1. The first-order valence-corrected chi connectivity index (χ1v) is 13.6. The molecule has 0 aliphatic heterocycles. The molecule has 1 saturated carbocycles. The lowest BCUT2D eigenvalue weighted by Gasteiger charge is -2.21. The van der Waals surface area contributed by atoms with Crippen molar-refractivity contribution in [1.29, 1.82) is 0 Å². The maximum atomic E-state index is 13.6. The Kier molecular flexibility index (Phi) is 6.89. The monoisotopic (exact) mass is 495 g/mol. The molecule has 0 amide bonds. The van der Waals surface area contributed by atoms with E-state index in [0.717, 1.165) is 36.4 Å². The highest BCUT2D eigenvalue weighted by Gasteiger charge is 2.33. The zero-order valence-electron chi connectivity index (χ0n) is 20.4. The van der Waals surface area contributed by atoms with Crippen molar-refractivity contribution in [1.82, 2.24) is 4.57 Å². The topological polar surface area (TPSA) is 4.93 Å². The van der Waals surface area contributed by atoms with Gasteiger partial charge in [-0.25, -0.2) is 0 Å². The summed E-state index contributed by atoms with van der Waals surface area (Å²) < 4.78 is 43.0. The summed E-state index contributed by atoms with van der Waals surface area (Å²) in [6, 6.07) is 17.2. The van der Waals surface area contributed by atoms with Crippen molar-refractivity contribution in [2.24, 2.45) is 5.92 Å². The second-order valence-corrected chi connectivity index (χ2v) is 11.3. The van der Waals surface area contributed by atoms with Crippen LogP contribution in [0.25, 0.3) is 6.08 Å². The molecule has 3 aromatic rings. The van der Waals surface area contributed by atoms with Crippen molar-refractivity contribution in [2.75, 3.05) is 5.75 Å². The number of hydrogen-bond acceptors (Lipinski definition) is 1. The minimum atomic E-state index is -4.34. The zero-order chi connectivity index (χ0) is 24.6. The molecule has 0 bridgehead atoms. The van der Waals surface area contributed by atoms with E-state index in [2.05, 4.69) is 54.8 Å². The molecule has 1 aromatic heterocycles. The second-order valence-electron chi connectivity index (χ2n) is 10.2. The third-order valence-corrected chi connectivity index (χ3v) is 8.29. The molecule has 1 fully saturated rings. The molecule has 0 atom stereocenters. The Bertz CT molecular complexity index is 1210. The van der Waals surface area contributed by atoms with Crippen LogP contribution in [0.5, 0.6) is 0 Å². The molecule has 0 unspecified atom stereocenters. The quantitative estimate of drug-likeness (QED) is 0.283. The molecule has 2 aliphatic carbocycles. The molecular weight excluding hydrogens is 463 g/mol. The Hall–Kier alpha value is -2.40. The van der Waals surface area contributed by atoms with Gasteiger partial charge >= 0.3 is 6.18 Å². The Morgan fingerprint density at radius 1 is 0.971 bits per heavy atom. The first kappa shape index (κ1) is 24.3. The van der Waals surface area contributed by atoms with Gasteiger partial charge in [0.25, 0.3) is 0 Å². The highest BCUT2D eigenvalue weighted by Crippen LogP contribution is 2.37. The summed E-state index contributed by atoms with van der Waals surface area (Å²) in [6.07, 6.45) is 3.82. The largest absolute Gasteiger partial charge is 0.416 e. The van der Waals surface area contributed by atoms with E-state index in [4.69, 9.17) is 0 Å². The Balaban J connectivity index is 1.36. The van der Waals surface area contributed by atoms with Gasteiger partial charge < -0.3 is 4.57 Å². The number of halogens is 3. The molecular formula is C30H32F3NS. The Morgan fingerprint density at radius 3 is 2.40 bits per heavy atom. The molecule has 1 nitrogen and oxygen atoms in total. The molecule has 5 heteroatoms. The zero-order valence-corrected chi connectivity index (χ0v) is 21.2. The highest BCUT2D eigenvalue weighted by molar-refractivity contribution is 7.99. The average Bonchev–Trinajstić information content (AvgIpc) is 3.57. The summed E-state index contributed by atoms with van der Waals surface area (Å²) in [6.45, 7) is 4.23. The normalized spacial score (nSPS) is 15.9. The average molecular weight is 496 g/mol. The number of allylic oxidation sites excluding steroid dienone is 1. The highest BCUT2D eigenvalue weighted by atomic mass is 32.2. The standard InChI is InChI=1S/C30H32F3NS/c1-20(2)34-26(17-24-5-3-4-6-28(24)30(31,32)33)18-25-16-23(11-14-29(25)34)15-21-9-12-27(13-10-21)35-19-22-7-8-22/h3-6,9-10,12-13,16,18,20,22H,7-8,11,14-15,17,19H2,1-2H3. The first-order chi connectivity index (χ1) is 16.8. The maximum absolute atomic E-state index is 13.6. The van der Waals surface area contributed by atoms with Crippen LogP contribution in [0.1, 0.15) is 72.8 Å². The molecule has 1 heterocycles. The van der Waals surface area contributed by atoms with Gasteiger partial charge in [-0.15, -0.1) is 11.8 Å². The van der Waals surface area contributed by atoms with E-state index in [-0.39, 0.29) is 12.5 Å². The van der Waals surface area contributed by atoms with Crippen LogP contribution in [-0.2, 0) is 25.4 Å². The minimum Gasteiger partial charge on any atom is -0.345 e. The predicted octanol–water partition coefficient (Wildman–Crippen LogP) is 8.75. The summed E-state index contributed by atoms with van der Waals surface area (Å²) in [7, 11) is 0. The molecule has 184 valence electrons. The smallest absolute Gasteiger partial charge is 0.345 e. The summed E-state index contributed by atoms with van der Waals surface area (Å²) in [5.41, 5.74) is 5.87. The van der Waals surface area contributed by atoms with Crippen LogP contribution in [0.15, 0.2) is 65.1 Å². The van der Waals surface area contributed by atoms with Crippen molar-refractivity contribution in [3.8, 4) is 0 Å². The lowest BCUT2D eigenvalue weighted by molar-refractivity contribution is -0.138. The van der Waals surface area contributed by atoms with Gasteiger partial charge in [-0.3, -0.25) is 0 Å². The Labute approximate surface area is 210 Å². The molecule has 5 rings (SSSR count). The van der Waals surface area contributed by atoms with Crippen LogP contribution in [-0.4, -0.2) is 10.3 Å². The van der Waals surface area contributed by atoms with Crippen LogP contribution in [0.3, 0.4) is 0 Å². The van der Waals surface area contributed by atoms with Crippen LogP contribution in [0.4, 0.5) is 13.2 Å². The third kappa shape index (κ3) is 5.72. The van der Waals surface area contributed by atoms with Crippen LogP contribution in [0.2, 0.25) is 0 Å². The van der Waals surface area contributed by atoms with E-state index < -0.39 is 11.7 Å². The van der Waals surface area contributed by atoms with Gasteiger partial charge in [0.15, 0.2) is 0 Å². The number of alkyl halides is 3. The fourth-order valence-corrected chi connectivity index (χ4v) is 6.22. The van der Waals surface area contributed by atoms with Crippen LogP contribution in [0, 0.1) is 5.92 Å². The van der Waals surface area contributed by atoms with Gasteiger partial charge in [0.2, 0.25) is 0 Å². The van der Waals surface area contributed by atoms with Gasteiger partial charge in [-0.05, 0) is 92.8 Å². The van der Waals surface area contributed by atoms with Crippen molar-refractivity contribution < 1.29 is 13.2 Å². The summed E-state index contributed by atoms with van der Waals surface area (Å²) in [5, 5.41) is 0. The number of nitrogens with zero attached hydrogens (tertiary/aromatic N) is 1. The maximum Gasteiger partial charge on any atom is 0.416 e. The predicted molar refractivity (Wildman–Crippen MR) is 139 cm³/mol. The van der Waals surface area contributed by atoms with E-state index in [0.29, 0.717) is 5.56 Å². The number of aromatic nitrogens is 1. The number of fused-ring (bicyclic) bond motifs is 1. The third-order valence-electron chi connectivity index (χ3n) is 7.05. The summed E-state index contributed by atoms with van der Waals surface area (Å²) in [4.78, 5) is 1.35. The minimum absolute atomic E-state index is 0.197. The fourth-order valence-electron chi connectivity index (χ4n) is 5.13. The van der Waals surface area contributed by atoms with Crippen molar-refractivity contribution >= 4 is 17.8 Å². The molecule has 2 aromatic carbocycles. The SMILES string of the molecule is CC(C)n1c(Cc2ccccc2C(F)(F)F)cc2c1CCC(Cc1ccc(SCC3CC3)cc1)=C2. The number of rotatable bonds is 8. The van der Waals surface area contributed by atoms with Gasteiger partial charge in [0, 0.05) is 34.5 Å². The van der Waals surface area contributed by atoms with E-state index in [1.54, 1.807) is 12.1 Å². The lowest BCUT2D eigenvalue weighted by Crippen LogP contribution is -2.14. The Morgan fingerprint density at radius 2 is 1.71 bits per heavy atom. The van der Waals surface area contributed by atoms with Gasteiger partial charge in [0.1, 0.15) is 0 Å². The van der Waals surface area contributed by atoms with Crippen molar-refractivity contribution in [2.45, 2.75) is 69.5 Å². The fraction of sp³-hybridized carbons (Fsp3) is 0.400. The molecule has 0 N–H and O–H groups in total. The van der Waals surface area contributed by atoms with Crippen molar-refractivity contribution in [3.63, 3.8) is 0 Å². The van der Waals surface area contributed by atoms with Gasteiger partial charge in [0.05, 0.1) is 5.56 Å². The first-order valence-electron chi connectivity index (χ1n) is 12.6. The molecule has 2 aliphatic rings. The molecule has 35 heavy (non-hydrogen) atoms. The van der Waals surface area contributed by atoms with E-state index in [1.807, 2.05) is 11.8 Å². The van der Waals surface area contributed by atoms with E-state index >= 15 is 0 Å². The van der Waals surface area contributed by atoms with E-state index in [9.17, 15) is 13.2 Å². The summed E-state index contributed by atoms with van der Waals surface area (Å²) >= 11 is 1.96. The van der Waals surface area contributed by atoms with Crippen molar-refractivity contribution in [3.05, 3.63) is 93.8 Å². The number of benzene rings is 2. The lowest BCUT2D eigenvalue weighted by atomic mass is 9.93. The molecule has 0 saturated heterocycles. The van der Waals surface area contributed by atoms with Crippen LogP contribution < -0.4 is 0 Å².